The maximum absolute atomic E-state index is 10.7. The molecule has 0 saturated heterocycles. The Bertz CT molecular complexity index is 441. The van der Waals surface area contributed by atoms with E-state index in [9.17, 15) is 4.21 Å². The van der Waals surface area contributed by atoms with Crippen LogP contribution in [0.25, 0.3) is 0 Å². The van der Waals surface area contributed by atoms with E-state index in [1.54, 1.807) is 6.07 Å². The standard InChI is InChI=1S/C11H13Cl2NO2S/c12-10-4-2-8(6-11(10)13)7-1-3-9(5-7)14-17(15)16/h2,4,6-7,9,14H,1,3,5H2,(H,15,16)/t7-,9-/m0/s1. The fraction of sp³-hybridized carbons (Fsp3) is 0.455. The third-order valence-corrected chi connectivity index (χ3v) is 4.39. The highest BCUT2D eigenvalue weighted by Crippen LogP contribution is 2.36. The molecule has 2 rings (SSSR count). The van der Waals surface area contributed by atoms with Gasteiger partial charge in [0.05, 0.1) is 10.0 Å². The molecule has 1 aromatic rings. The number of hydrogen-bond acceptors (Lipinski definition) is 1. The normalized spacial score (nSPS) is 26.1. The molecule has 0 radical (unpaired) electrons. The molecule has 17 heavy (non-hydrogen) atoms. The quantitative estimate of drug-likeness (QED) is 0.840. The van der Waals surface area contributed by atoms with Gasteiger partial charge in [-0.15, -0.1) is 0 Å². The van der Waals surface area contributed by atoms with E-state index in [2.05, 4.69) is 4.72 Å². The van der Waals surface area contributed by atoms with E-state index in [1.165, 1.54) is 0 Å². The lowest BCUT2D eigenvalue weighted by atomic mass is 9.98. The largest absolute Gasteiger partial charge is 0.294 e. The Kier molecular flexibility index (Phi) is 4.44. The first-order valence-corrected chi connectivity index (χ1v) is 7.24. The van der Waals surface area contributed by atoms with Crippen LogP contribution in [0.1, 0.15) is 30.7 Å². The molecule has 0 aliphatic heterocycles. The summed E-state index contributed by atoms with van der Waals surface area (Å²) < 4.78 is 22.1. The van der Waals surface area contributed by atoms with Gasteiger partial charge in [0.1, 0.15) is 0 Å². The summed E-state index contributed by atoms with van der Waals surface area (Å²) in [6, 6.07) is 5.74. The van der Waals surface area contributed by atoms with Crippen LogP contribution in [0.5, 0.6) is 0 Å². The second-order valence-corrected chi connectivity index (χ2v) is 5.80. The Labute approximate surface area is 113 Å². The minimum absolute atomic E-state index is 0.0975. The van der Waals surface area contributed by atoms with Crippen molar-refractivity contribution in [2.45, 2.75) is 31.2 Å². The SMILES string of the molecule is O=S(O)N[C@H]1CC[C@H](c2ccc(Cl)c(Cl)c2)C1. The lowest BCUT2D eigenvalue weighted by Crippen LogP contribution is -2.27. The Morgan fingerprint density at radius 3 is 2.71 bits per heavy atom. The third-order valence-electron chi connectivity index (χ3n) is 3.12. The molecule has 0 spiro atoms. The van der Waals surface area contributed by atoms with Crippen LogP contribution in [-0.2, 0) is 11.3 Å². The topological polar surface area (TPSA) is 49.3 Å². The van der Waals surface area contributed by atoms with E-state index in [0.29, 0.717) is 16.0 Å². The molecule has 1 fully saturated rings. The molecule has 3 nitrogen and oxygen atoms in total. The first-order chi connectivity index (χ1) is 8.06. The van der Waals surface area contributed by atoms with Crippen LogP contribution >= 0.6 is 23.2 Å². The van der Waals surface area contributed by atoms with Crippen molar-refractivity contribution in [2.24, 2.45) is 0 Å². The average Bonchev–Trinajstić information content (AvgIpc) is 2.69. The van der Waals surface area contributed by atoms with Crippen LogP contribution in [-0.4, -0.2) is 14.8 Å². The molecule has 2 N–H and O–H groups in total. The molecule has 6 heteroatoms. The lowest BCUT2D eigenvalue weighted by molar-refractivity contribution is 0.522. The summed E-state index contributed by atoms with van der Waals surface area (Å²) >= 11 is 9.91. The van der Waals surface area contributed by atoms with Gasteiger partial charge >= 0.3 is 0 Å². The molecular formula is C11H13Cl2NO2S. The van der Waals surface area contributed by atoms with Gasteiger partial charge in [-0.2, -0.15) is 0 Å². The summed E-state index contributed by atoms with van der Waals surface area (Å²) in [5, 5.41) is 1.12. The minimum Gasteiger partial charge on any atom is -0.294 e. The molecule has 0 aromatic heterocycles. The van der Waals surface area contributed by atoms with E-state index in [-0.39, 0.29) is 6.04 Å². The van der Waals surface area contributed by atoms with E-state index in [0.717, 1.165) is 24.8 Å². The Balaban J connectivity index is 2.04. The van der Waals surface area contributed by atoms with Crippen molar-refractivity contribution in [3.8, 4) is 0 Å². The zero-order chi connectivity index (χ0) is 12.4. The van der Waals surface area contributed by atoms with Gasteiger partial charge in [0.15, 0.2) is 0 Å². The molecule has 0 bridgehead atoms. The second kappa shape index (κ2) is 5.67. The van der Waals surface area contributed by atoms with E-state index < -0.39 is 11.3 Å². The second-order valence-electron chi connectivity index (χ2n) is 4.25. The van der Waals surface area contributed by atoms with Gasteiger partial charge in [0.25, 0.3) is 0 Å². The smallest absolute Gasteiger partial charge is 0.231 e. The third kappa shape index (κ3) is 3.42. The van der Waals surface area contributed by atoms with Crippen molar-refractivity contribution in [1.82, 2.24) is 4.72 Å². The van der Waals surface area contributed by atoms with Gasteiger partial charge < -0.3 is 0 Å². The Morgan fingerprint density at radius 1 is 1.29 bits per heavy atom. The monoisotopic (exact) mass is 293 g/mol. The summed E-state index contributed by atoms with van der Waals surface area (Å²) in [5.41, 5.74) is 1.15. The van der Waals surface area contributed by atoms with Gasteiger partial charge in [-0.3, -0.25) is 4.55 Å². The number of nitrogens with one attached hydrogen (secondary N) is 1. The van der Waals surface area contributed by atoms with Crippen LogP contribution in [0.2, 0.25) is 10.0 Å². The molecule has 1 saturated carbocycles. The van der Waals surface area contributed by atoms with Crippen molar-refractivity contribution in [3.63, 3.8) is 0 Å². The van der Waals surface area contributed by atoms with Crippen molar-refractivity contribution in [2.75, 3.05) is 0 Å². The lowest BCUT2D eigenvalue weighted by Gasteiger charge is -2.12. The van der Waals surface area contributed by atoms with Crippen LogP contribution in [0, 0.1) is 0 Å². The average molecular weight is 294 g/mol. The van der Waals surface area contributed by atoms with Crippen LogP contribution < -0.4 is 4.72 Å². The highest BCUT2D eigenvalue weighted by atomic mass is 35.5. The predicted octanol–water partition coefficient (Wildman–Crippen LogP) is 3.36. The zero-order valence-corrected chi connectivity index (χ0v) is 11.4. The Hall–Kier alpha value is -0.130. The minimum atomic E-state index is -1.93. The summed E-state index contributed by atoms with van der Waals surface area (Å²) in [6.45, 7) is 0. The maximum Gasteiger partial charge on any atom is 0.231 e. The fourth-order valence-corrected chi connectivity index (χ4v) is 3.11. The van der Waals surface area contributed by atoms with Crippen molar-refractivity contribution < 1.29 is 8.76 Å². The molecule has 1 unspecified atom stereocenters. The fourth-order valence-electron chi connectivity index (χ4n) is 2.30. The molecule has 0 heterocycles. The van der Waals surface area contributed by atoms with E-state index >= 15 is 0 Å². The van der Waals surface area contributed by atoms with Gasteiger partial charge in [-0.05, 0) is 42.9 Å². The number of rotatable bonds is 3. The summed E-state index contributed by atoms with van der Waals surface area (Å²) in [7, 11) is 0. The van der Waals surface area contributed by atoms with Crippen molar-refractivity contribution in [1.29, 1.82) is 0 Å². The number of hydrogen-bond donors (Lipinski definition) is 2. The summed E-state index contributed by atoms with van der Waals surface area (Å²) in [5.74, 6) is 0.380. The first kappa shape index (κ1) is 13.3. The highest BCUT2D eigenvalue weighted by Gasteiger charge is 2.26. The van der Waals surface area contributed by atoms with Crippen molar-refractivity contribution >= 4 is 34.5 Å². The van der Waals surface area contributed by atoms with Gasteiger partial charge in [-0.1, -0.05) is 29.3 Å². The summed E-state index contributed by atoms with van der Waals surface area (Å²) in [6.07, 6.45) is 2.74. The van der Waals surface area contributed by atoms with E-state index in [4.69, 9.17) is 27.8 Å². The molecule has 1 aromatic carbocycles. The van der Waals surface area contributed by atoms with Gasteiger partial charge in [0, 0.05) is 6.04 Å². The van der Waals surface area contributed by atoms with E-state index in [1.807, 2.05) is 12.1 Å². The number of benzene rings is 1. The molecule has 94 valence electrons. The number of halogens is 2. The van der Waals surface area contributed by atoms with Gasteiger partial charge in [0.2, 0.25) is 11.3 Å². The van der Waals surface area contributed by atoms with Crippen LogP contribution in [0.3, 0.4) is 0 Å². The molecule has 0 amide bonds. The van der Waals surface area contributed by atoms with Crippen LogP contribution in [0.4, 0.5) is 0 Å². The maximum atomic E-state index is 10.7. The molecule has 1 aliphatic carbocycles. The van der Waals surface area contributed by atoms with Crippen LogP contribution in [0.15, 0.2) is 18.2 Å². The predicted molar refractivity (Wildman–Crippen MR) is 70.7 cm³/mol. The zero-order valence-electron chi connectivity index (χ0n) is 9.03. The molecular weight excluding hydrogens is 281 g/mol. The first-order valence-electron chi connectivity index (χ1n) is 5.38. The highest BCUT2D eigenvalue weighted by molar-refractivity contribution is 7.77. The van der Waals surface area contributed by atoms with Crippen molar-refractivity contribution in [3.05, 3.63) is 33.8 Å². The Morgan fingerprint density at radius 2 is 2.06 bits per heavy atom. The molecule has 3 atom stereocenters. The summed E-state index contributed by atoms with van der Waals surface area (Å²) in [4.78, 5) is 0. The molecule has 1 aliphatic rings. The van der Waals surface area contributed by atoms with Gasteiger partial charge in [-0.25, -0.2) is 8.93 Å².